The molecule has 6 nitrogen and oxygen atoms in total. The number of nitrogens with one attached hydrogen (secondary N) is 1. The summed E-state index contributed by atoms with van der Waals surface area (Å²) in [5, 5.41) is 17.4. The van der Waals surface area contributed by atoms with Crippen LogP contribution in [0.25, 0.3) is 6.08 Å². The van der Waals surface area contributed by atoms with Crippen LogP contribution in [0, 0.1) is 0 Å². The van der Waals surface area contributed by atoms with E-state index in [0.717, 1.165) is 5.56 Å². The van der Waals surface area contributed by atoms with Crippen LogP contribution >= 0.6 is 11.6 Å². The zero-order valence-electron chi connectivity index (χ0n) is 12.3. The van der Waals surface area contributed by atoms with Gasteiger partial charge in [0.15, 0.2) is 0 Å². The number of aryl methyl sites for hydroxylation is 1. The molecule has 2 aromatic rings. The molecule has 2 rings (SSSR count). The molecule has 0 radical (unpaired) electrons. The van der Waals surface area contributed by atoms with Crippen LogP contribution in [0.1, 0.15) is 18.1 Å². The van der Waals surface area contributed by atoms with Gasteiger partial charge in [0.25, 0.3) is 0 Å². The van der Waals surface area contributed by atoms with Gasteiger partial charge in [0, 0.05) is 31.1 Å². The second-order valence-corrected chi connectivity index (χ2v) is 5.53. The fourth-order valence-corrected chi connectivity index (χ4v) is 1.99. The largest absolute Gasteiger partial charge is 0.383 e. The predicted octanol–water partition coefficient (Wildman–Crippen LogP) is 1.51. The van der Waals surface area contributed by atoms with E-state index in [-0.39, 0.29) is 12.5 Å². The summed E-state index contributed by atoms with van der Waals surface area (Å²) < 4.78 is 1.60. The van der Waals surface area contributed by atoms with Gasteiger partial charge in [-0.2, -0.15) is 5.10 Å². The van der Waals surface area contributed by atoms with E-state index in [9.17, 15) is 9.90 Å². The highest BCUT2D eigenvalue weighted by atomic mass is 35.5. The number of nitrogens with zero attached hydrogens (tertiary/aromatic N) is 3. The zero-order chi connectivity index (χ0) is 16.2. The van der Waals surface area contributed by atoms with Crippen molar-refractivity contribution in [1.29, 1.82) is 0 Å². The summed E-state index contributed by atoms with van der Waals surface area (Å²) in [5.74, 6) is -0.308. The number of pyridine rings is 1. The first-order valence-electron chi connectivity index (χ1n) is 6.66. The Bertz CT molecular complexity index is 694. The van der Waals surface area contributed by atoms with Gasteiger partial charge >= 0.3 is 0 Å². The third-order valence-electron chi connectivity index (χ3n) is 3.11. The standard InChI is InChI=1S/C15H17ClN4O2/c1-15(22,12-8-19-20(2)9-12)10-18-14(21)4-3-11-5-6-17-13(16)7-11/h3-9,22H,10H2,1-2H3,(H,18,21)/b4-3+. The normalized spacial score (nSPS) is 14.0. The van der Waals surface area contributed by atoms with Crippen molar-refractivity contribution in [1.82, 2.24) is 20.1 Å². The second kappa shape index (κ2) is 6.72. The van der Waals surface area contributed by atoms with Crippen molar-refractivity contribution >= 4 is 23.6 Å². The number of carbonyl (C=O) groups excluding carboxylic acids is 1. The highest BCUT2D eigenvalue weighted by Crippen LogP contribution is 2.18. The Labute approximate surface area is 133 Å². The molecule has 1 amide bonds. The average Bonchev–Trinajstić information content (AvgIpc) is 2.91. The Morgan fingerprint density at radius 3 is 3.00 bits per heavy atom. The van der Waals surface area contributed by atoms with Crippen molar-refractivity contribution in [3.05, 3.63) is 53.1 Å². The molecule has 0 fully saturated rings. The third-order valence-corrected chi connectivity index (χ3v) is 3.32. The quantitative estimate of drug-likeness (QED) is 0.646. The third kappa shape index (κ3) is 4.41. The maximum absolute atomic E-state index is 11.8. The molecule has 0 aromatic carbocycles. The number of hydrogen-bond donors (Lipinski definition) is 2. The van der Waals surface area contributed by atoms with E-state index in [1.165, 1.54) is 6.08 Å². The van der Waals surface area contributed by atoms with Gasteiger partial charge in [-0.25, -0.2) is 4.98 Å². The lowest BCUT2D eigenvalue weighted by Crippen LogP contribution is -2.37. The SMILES string of the molecule is Cn1cc(C(C)(O)CNC(=O)/C=C/c2ccnc(Cl)c2)cn1. The lowest BCUT2D eigenvalue weighted by Gasteiger charge is -2.21. The average molecular weight is 321 g/mol. The summed E-state index contributed by atoms with van der Waals surface area (Å²) in [4.78, 5) is 15.7. The first-order valence-corrected chi connectivity index (χ1v) is 7.03. The van der Waals surface area contributed by atoms with Gasteiger partial charge in [-0.3, -0.25) is 9.48 Å². The molecule has 2 N–H and O–H groups in total. The number of rotatable bonds is 5. The van der Waals surface area contributed by atoms with Crippen LogP contribution in [0.4, 0.5) is 0 Å². The van der Waals surface area contributed by atoms with Crippen molar-refractivity contribution < 1.29 is 9.90 Å². The van der Waals surface area contributed by atoms with Gasteiger partial charge in [-0.1, -0.05) is 11.6 Å². The maximum atomic E-state index is 11.8. The van der Waals surface area contributed by atoms with Crippen molar-refractivity contribution in [2.75, 3.05) is 6.54 Å². The minimum absolute atomic E-state index is 0.0823. The number of aliphatic hydroxyl groups is 1. The topological polar surface area (TPSA) is 80.0 Å². The smallest absolute Gasteiger partial charge is 0.244 e. The molecule has 7 heteroatoms. The number of amides is 1. The maximum Gasteiger partial charge on any atom is 0.244 e. The van der Waals surface area contributed by atoms with Gasteiger partial charge in [-0.15, -0.1) is 0 Å². The molecular weight excluding hydrogens is 304 g/mol. The first kappa shape index (κ1) is 16.2. The molecule has 0 aliphatic heterocycles. The van der Waals surface area contributed by atoms with E-state index in [1.54, 1.807) is 55.5 Å². The Kier molecular flexibility index (Phi) is 4.95. The van der Waals surface area contributed by atoms with E-state index in [2.05, 4.69) is 15.4 Å². The molecule has 116 valence electrons. The summed E-state index contributed by atoms with van der Waals surface area (Å²) in [7, 11) is 1.76. The van der Waals surface area contributed by atoms with Crippen LogP contribution in [0.3, 0.4) is 0 Å². The van der Waals surface area contributed by atoms with Gasteiger partial charge in [0.1, 0.15) is 10.8 Å². The Morgan fingerprint density at radius 1 is 1.59 bits per heavy atom. The molecule has 0 aliphatic rings. The highest BCUT2D eigenvalue weighted by Gasteiger charge is 2.24. The predicted molar refractivity (Wildman–Crippen MR) is 84.1 cm³/mol. The highest BCUT2D eigenvalue weighted by molar-refractivity contribution is 6.29. The fourth-order valence-electron chi connectivity index (χ4n) is 1.81. The van der Waals surface area contributed by atoms with Crippen LogP contribution in [0.5, 0.6) is 0 Å². The molecule has 0 bridgehead atoms. The van der Waals surface area contributed by atoms with Crippen LogP contribution in [-0.2, 0) is 17.4 Å². The van der Waals surface area contributed by atoms with Gasteiger partial charge in [0.2, 0.25) is 5.91 Å². The van der Waals surface area contributed by atoms with Crippen molar-refractivity contribution in [3.63, 3.8) is 0 Å². The first-order chi connectivity index (χ1) is 10.4. The number of aromatic nitrogens is 3. The molecule has 22 heavy (non-hydrogen) atoms. The van der Waals surface area contributed by atoms with E-state index in [4.69, 9.17) is 11.6 Å². The Morgan fingerprint density at radius 2 is 2.36 bits per heavy atom. The Balaban J connectivity index is 1.92. The molecule has 0 saturated heterocycles. The minimum Gasteiger partial charge on any atom is -0.383 e. The van der Waals surface area contributed by atoms with Gasteiger partial charge in [-0.05, 0) is 30.7 Å². The molecule has 1 unspecified atom stereocenters. The van der Waals surface area contributed by atoms with Crippen molar-refractivity contribution in [3.8, 4) is 0 Å². The molecule has 2 heterocycles. The summed E-state index contributed by atoms with van der Waals surface area (Å²) in [6, 6.07) is 3.39. The number of halogens is 1. The van der Waals surface area contributed by atoms with Crippen LogP contribution < -0.4 is 5.32 Å². The van der Waals surface area contributed by atoms with Crippen LogP contribution in [0.15, 0.2) is 36.8 Å². The van der Waals surface area contributed by atoms with Gasteiger partial charge < -0.3 is 10.4 Å². The van der Waals surface area contributed by atoms with E-state index in [1.807, 2.05) is 0 Å². The Hall–Kier alpha value is -2.18. The summed E-state index contributed by atoms with van der Waals surface area (Å²) in [5.41, 5.74) is 0.229. The lowest BCUT2D eigenvalue weighted by molar-refractivity contribution is -0.117. The molecule has 1 atom stereocenters. The fraction of sp³-hybridized carbons (Fsp3) is 0.267. The molecule has 0 spiro atoms. The molecule has 0 aliphatic carbocycles. The number of hydrogen-bond acceptors (Lipinski definition) is 4. The molecule has 2 aromatic heterocycles. The lowest BCUT2D eigenvalue weighted by atomic mass is 10.00. The van der Waals surface area contributed by atoms with Crippen molar-refractivity contribution in [2.45, 2.75) is 12.5 Å². The molecular formula is C15H17ClN4O2. The minimum atomic E-state index is -1.18. The number of carbonyl (C=O) groups is 1. The monoisotopic (exact) mass is 320 g/mol. The second-order valence-electron chi connectivity index (χ2n) is 5.14. The summed E-state index contributed by atoms with van der Waals surface area (Å²) in [6.45, 7) is 1.70. The van der Waals surface area contributed by atoms with E-state index >= 15 is 0 Å². The summed E-state index contributed by atoms with van der Waals surface area (Å²) >= 11 is 5.76. The van der Waals surface area contributed by atoms with Gasteiger partial charge in [0.05, 0.1) is 12.7 Å². The van der Waals surface area contributed by atoms with Crippen molar-refractivity contribution in [2.24, 2.45) is 7.05 Å². The van der Waals surface area contributed by atoms with E-state index in [0.29, 0.717) is 10.7 Å². The summed E-state index contributed by atoms with van der Waals surface area (Å²) in [6.07, 6.45) is 7.85. The van der Waals surface area contributed by atoms with Crippen LogP contribution in [-0.4, -0.2) is 32.3 Å². The van der Waals surface area contributed by atoms with Crippen LogP contribution in [0.2, 0.25) is 5.15 Å². The van der Waals surface area contributed by atoms with E-state index < -0.39 is 5.60 Å². The zero-order valence-corrected chi connectivity index (χ0v) is 13.1. The molecule has 0 saturated carbocycles.